The highest BCUT2D eigenvalue weighted by molar-refractivity contribution is 5.21. The van der Waals surface area contributed by atoms with E-state index in [0.29, 0.717) is 23.4 Å². The van der Waals surface area contributed by atoms with E-state index >= 15 is 0 Å². The van der Waals surface area contributed by atoms with Gasteiger partial charge < -0.3 is 14.1 Å². The van der Waals surface area contributed by atoms with Crippen molar-refractivity contribution in [1.29, 1.82) is 0 Å². The summed E-state index contributed by atoms with van der Waals surface area (Å²) in [5.74, 6) is 3.49. The van der Waals surface area contributed by atoms with Crippen molar-refractivity contribution >= 4 is 0 Å². The van der Waals surface area contributed by atoms with Crippen molar-refractivity contribution in [2.75, 3.05) is 0 Å². The minimum Gasteiger partial charge on any atom is -0.463 e. The Morgan fingerprint density at radius 1 is 1.53 bits per heavy atom. The van der Waals surface area contributed by atoms with Gasteiger partial charge in [0.1, 0.15) is 17.3 Å². The van der Waals surface area contributed by atoms with Crippen LogP contribution in [0, 0.1) is 5.92 Å². The van der Waals surface area contributed by atoms with Crippen molar-refractivity contribution in [3.05, 3.63) is 41.9 Å². The molecule has 3 rings (SSSR count). The van der Waals surface area contributed by atoms with Gasteiger partial charge in [-0.1, -0.05) is 13.8 Å². The first-order valence-electron chi connectivity index (χ1n) is 6.99. The molecule has 4 nitrogen and oxygen atoms in total. The third-order valence-electron chi connectivity index (χ3n) is 3.85. The van der Waals surface area contributed by atoms with E-state index in [4.69, 9.17) is 4.42 Å². The fraction of sp³-hybridized carbons (Fsp3) is 0.533. The van der Waals surface area contributed by atoms with Crippen LogP contribution in [0.3, 0.4) is 0 Å². The van der Waals surface area contributed by atoms with Crippen molar-refractivity contribution in [2.24, 2.45) is 5.92 Å². The second kappa shape index (κ2) is 4.85. The molecule has 0 spiro atoms. The van der Waals surface area contributed by atoms with Gasteiger partial charge in [0.25, 0.3) is 0 Å². The standard InChI is InChI=1S/C15H20N2O2/c1-3-7-17-8-6-16-15(17)14(18)13-5-4-12(19-13)11-9-10(11)2/h4-6,8,10-11,14,18H,3,7,9H2,1-2H3. The summed E-state index contributed by atoms with van der Waals surface area (Å²) in [6, 6.07) is 3.86. The number of hydrogen-bond acceptors (Lipinski definition) is 3. The number of aromatic nitrogens is 2. The Kier molecular flexibility index (Phi) is 3.19. The van der Waals surface area contributed by atoms with E-state index in [1.165, 1.54) is 6.42 Å². The second-order valence-corrected chi connectivity index (χ2v) is 5.44. The fourth-order valence-corrected chi connectivity index (χ4v) is 2.56. The number of aliphatic hydroxyl groups is 1. The third-order valence-corrected chi connectivity index (χ3v) is 3.85. The normalized spacial score (nSPS) is 23.5. The minimum atomic E-state index is -0.774. The van der Waals surface area contributed by atoms with Crippen LogP contribution < -0.4 is 0 Å². The Labute approximate surface area is 113 Å². The minimum absolute atomic E-state index is 0.538. The van der Waals surface area contributed by atoms with Gasteiger partial charge in [0.15, 0.2) is 6.10 Å². The molecule has 1 N–H and O–H groups in total. The van der Waals surface area contributed by atoms with Crippen LogP contribution >= 0.6 is 0 Å². The average Bonchev–Trinajstić information content (AvgIpc) is 2.87. The SMILES string of the molecule is CCCn1ccnc1C(O)c1ccc(C2CC2C)o1. The number of rotatable bonds is 5. The Bertz CT molecular complexity index is 558. The van der Waals surface area contributed by atoms with Crippen molar-refractivity contribution in [2.45, 2.75) is 45.3 Å². The Balaban J connectivity index is 1.80. The van der Waals surface area contributed by atoms with Gasteiger partial charge in [-0.25, -0.2) is 4.98 Å². The number of aryl methyl sites for hydroxylation is 1. The maximum atomic E-state index is 10.4. The Hall–Kier alpha value is -1.55. The predicted octanol–water partition coefficient (Wildman–Crippen LogP) is 3.09. The highest BCUT2D eigenvalue weighted by Gasteiger charge is 2.37. The molecule has 1 saturated carbocycles. The lowest BCUT2D eigenvalue weighted by Gasteiger charge is -2.10. The average molecular weight is 260 g/mol. The molecule has 3 unspecified atom stereocenters. The number of imidazole rings is 1. The summed E-state index contributed by atoms with van der Waals surface area (Å²) in [5.41, 5.74) is 0. The molecule has 2 aromatic rings. The molecular weight excluding hydrogens is 240 g/mol. The van der Waals surface area contributed by atoms with Gasteiger partial charge in [0.2, 0.25) is 0 Å². The zero-order valence-electron chi connectivity index (χ0n) is 11.4. The zero-order valence-corrected chi connectivity index (χ0v) is 11.4. The van der Waals surface area contributed by atoms with Crippen LogP contribution in [0.25, 0.3) is 0 Å². The topological polar surface area (TPSA) is 51.2 Å². The molecule has 0 radical (unpaired) electrons. The molecule has 2 aromatic heterocycles. The van der Waals surface area contributed by atoms with E-state index in [0.717, 1.165) is 18.7 Å². The monoisotopic (exact) mass is 260 g/mol. The van der Waals surface area contributed by atoms with Gasteiger partial charge >= 0.3 is 0 Å². The molecule has 1 aliphatic carbocycles. The largest absolute Gasteiger partial charge is 0.463 e. The molecule has 3 atom stereocenters. The lowest BCUT2D eigenvalue weighted by Crippen LogP contribution is -2.09. The van der Waals surface area contributed by atoms with Crippen LogP contribution in [-0.4, -0.2) is 14.7 Å². The molecule has 19 heavy (non-hydrogen) atoms. The van der Waals surface area contributed by atoms with Gasteiger partial charge in [-0.2, -0.15) is 0 Å². The first-order valence-corrected chi connectivity index (χ1v) is 6.99. The van der Waals surface area contributed by atoms with Gasteiger partial charge in [-0.15, -0.1) is 0 Å². The molecule has 4 heteroatoms. The van der Waals surface area contributed by atoms with E-state index < -0.39 is 6.10 Å². The highest BCUT2D eigenvalue weighted by atomic mass is 16.4. The number of aliphatic hydroxyl groups excluding tert-OH is 1. The van der Waals surface area contributed by atoms with Crippen molar-refractivity contribution in [1.82, 2.24) is 9.55 Å². The number of hydrogen-bond donors (Lipinski definition) is 1. The maximum absolute atomic E-state index is 10.4. The molecule has 102 valence electrons. The van der Waals surface area contributed by atoms with E-state index in [9.17, 15) is 5.11 Å². The summed E-state index contributed by atoms with van der Waals surface area (Å²) >= 11 is 0. The van der Waals surface area contributed by atoms with Crippen molar-refractivity contribution in [3.8, 4) is 0 Å². The third kappa shape index (κ3) is 2.32. The Morgan fingerprint density at radius 3 is 3.00 bits per heavy atom. The van der Waals surface area contributed by atoms with E-state index in [2.05, 4.69) is 18.8 Å². The highest BCUT2D eigenvalue weighted by Crippen LogP contribution is 2.47. The van der Waals surface area contributed by atoms with Crippen LogP contribution in [0.15, 0.2) is 28.9 Å². The van der Waals surface area contributed by atoms with Crippen LogP contribution in [0.5, 0.6) is 0 Å². The summed E-state index contributed by atoms with van der Waals surface area (Å²) in [6.45, 7) is 5.19. The van der Waals surface area contributed by atoms with E-state index in [1.807, 2.05) is 22.9 Å². The zero-order chi connectivity index (χ0) is 13.4. The number of nitrogens with zero attached hydrogens (tertiary/aromatic N) is 2. The lowest BCUT2D eigenvalue weighted by atomic mass is 10.2. The summed E-state index contributed by atoms with van der Waals surface area (Å²) < 4.78 is 7.77. The summed E-state index contributed by atoms with van der Waals surface area (Å²) in [4.78, 5) is 4.25. The van der Waals surface area contributed by atoms with Gasteiger partial charge in [0.05, 0.1) is 0 Å². The van der Waals surface area contributed by atoms with Crippen LogP contribution in [0.2, 0.25) is 0 Å². The molecule has 0 amide bonds. The summed E-state index contributed by atoms with van der Waals surface area (Å²) in [6.07, 6.45) is 5.05. The van der Waals surface area contributed by atoms with Gasteiger partial charge in [0, 0.05) is 24.9 Å². The van der Waals surface area contributed by atoms with E-state index in [1.54, 1.807) is 6.20 Å². The molecule has 0 aliphatic heterocycles. The predicted molar refractivity (Wildman–Crippen MR) is 71.8 cm³/mol. The van der Waals surface area contributed by atoms with Gasteiger partial charge in [-0.3, -0.25) is 0 Å². The van der Waals surface area contributed by atoms with Gasteiger partial charge in [-0.05, 0) is 30.9 Å². The summed E-state index contributed by atoms with van der Waals surface area (Å²) in [7, 11) is 0. The fourth-order valence-electron chi connectivity index (χ4n) is 2.56. The lowest BCUT2D eigenvalue weighted by molar-refractivity contribution is 0.172. The molecule has 1 fully saturated rings. The molecule has 0 aromatic carbocycles. The van der Waals surface area contributed by atoms with Crippen LogP contribution in [0.1, 0.15) is 56.1 Å². The Morgan fingerprint density at radius 2 is 2.32 bits per heavy atom. The quantitative estimate of drug-likeness (QED) is 0.898. The second-order valence-electron chi connectivity index (χ2n) is 5.44. The molecule has 1 aliphatic rings. The molecular formula is C15H20N2O2. The van der Waals surface area contributed by atoms with Crippen LogP contribution in [-0.2, 0) is 6.54 Å². The van der Waals surface area contributed by atoms with Crippen LogP contribution in [0.4, 0.5) is 0 Å². The first-order chi connectivity index (χ1) is 9.20. The molecule has 0 bridgehead atoms. The first kappa shape index (κ1) is 12.5. The number of furan rings is 1. The van der Waals surface area contributed by atoms with E-state index in [-0.39, 0.29) is 0 Å². The van der Waals surface area contributed by atoms with Crippen molar-refractivity contribution < 1.29 is 9.52 Å². The maximum Gasteiger partial charge on any atom is 0.169 e. The smallest absolute Gasteiger partial charge is 0.169 e. The summed E-state index contributed by atoms with van der Waals surface area (Å²) in [5, 5.41) is 10.4. The van der Waals surface area contributed by atoms with Crippen molar-refractivity contribution in [3.63, 3.8) is 0 Å². The molecule has 2 heterocycles. The molecule has 0 saturated heterocycles.